The summed E-state index contributed by atoms with van der Waals surface area (Å²) < 4.78 is 96.3. The molecule has 0 bridgehead atoms. The lowest BCUT2D eigenvalue weighted by molar-refractivity contribution is -0.275. The summed E-state index contributed by atoms with van der Waals surface area (Å²) in [7, 11) is 0. The second-order valence-electron chi connectivity index (χ2n) is 9.35. The van der Waals surface area contributed by atoms with Crippen molar-refractivity contribution in [2.75, 3.05) is 13.2 Å². The first kappa shape index (κ1) is 25.8. The quantitative estimate of drug-likeness (QED) is 0.378. The van der Waals surface area contributed by atoms with Crippen LogP contribution in [0.3, 0.4) is 0 Å². The Hall–Kier alpha value is -2.26. The first-order valence-electron chi connectivity index (χ1n) is 11.9. The van der Waals surface area contributed by atoms with Crippen LogP contribution in [0.25, 0.3) is 11.1 Å². The molecular weight excluding hydrogens is 474 g/mol. The van der Waals surface area contributed by atoms with E-state index in [-0.39, 0.29) is 23.7 Å². The molecule has 0 atom stereocenters. The smallest absolute Gasteiger partial charge is 0.403 e. The van der Waals surface area contributed by atoms with E-state index in [2.05, 4.69) is 11.7 Å². The first-order chi connectivity index (χ1) is 16.6. The van der Waals surface area contributed by atoms with Gasteiger partial charge in [-0.2, -0.15) is 0 Å². The molecule has 2 aromatic carbocycles. The number of rotatable bonds is 6. The van der Waals surface area contributed by atoms with Gasteiger partial charge in [0.1, 0.15) is 11.6 Å². The van der Waals surface area contributed by atoms with Gasteiger partial charge in [0.25, 0.3) is 0 Å². The highest BCUT2D eigenvalue weighted by Gasteiger charge is 2.34. The van der Waals surface area contributed by atoms with Gasteiger partial charge in [0.05, 0.1) is 18.8 Å². The highest BCUT2D eigenvalue weighted by atomic mass is 19.4. The van der Waals surface area contributed by atoms with Crippen molar-refractivity contribution < 1.29 is 40.6 Å². The molecule has 1 heterocycles. The van der Waals surface area contributed by atoms with E-state index < -0.39 is 35.1 Å². The van der Waals surface area contributed by atoms with Crippen LogP contribution in [0.5, 0.6) is 5.75 Å². The second-order valence-corrected chi connectivity index (χ2v) is 9.35. The number of halogens is 6. The lowest BCUT2D eigenvalue weighted by atomic mass is 9.78. The summed E-state index contributed by atoms with van der Waals surface area (Å²) in [6.07, 6.45) is -0.0810. The number of hydrogen-bond donors (Lipinski definition) is 0. The molecule has 35 heavy (non-hydrogen) atoms. The molecule has 0 unspecified atom stereocenters. The van der Waals surface area contributed by atoms with E-state index in [1.807, 2.05) is 0 Å². The van der Waals surface area contributed by atoms with E-state index in [9.17, 15) is 26.3 Å². The molecule has 1 saturated carbocycles. The van der Waals surface area contributed by atoms with E-state index in [0.717, 1.165) is 44.6 Å². The predicted molar refractivity (Wildman–Crippen MR) is 117 cm³/mol. The maximum absolute atomic E-state index is 14.9. The van der Waals surface area contributed by atoms with Crippen LogP contribution in [0, 0.1) is 29.3 Å². The van der Waals surface area contributed by atoms with Crippen molar-refractivity contribution >= 4 is 0 Å². The minimum Gasteiger partial charge on any atom is -0.403 e. The van der Waals surface area contributed by atoms with Gasteiger partial charge in [-0.15, -0.1) is 13.2 Å². The van der Waals surface area contributed by atoms with Crippen LogP contribution in [0.2, 0.25) is 0 Å². The molecular formula is C26H28F6O3. The van der Waals surface area contributed by atoms with Crippen molar-refractivity contribution in [2.45, 2.75) is 64.0 Å². The molecule has 1 aliphatic heterocycles. The molecule has 0 N–H and O–H groups in total. The molecule has 2 aliphatic rings. The largest absolute Gasteiger partial charge is 0.573 e. The van der Waals surface area contributed by atoms with Gasteiger partial charge >= 0.3 is 6.36 Å². The summed E-state index contributed by atoms with van der Waals surface area (Å²) >= 11 is 0. The van der Waals surface area contributed by atoms with Crippen molar-refractivity contribution in [3.63, 3.8) is 0 Å². The Balaban J connectivity index is 1.41. The number of hydrogen-bond acceptors (Lipinski definition) is 3. The van der Waals surface area contributed by atoms with Crippen LogP contribution in [0.4, 0.5) is 26.3 Å². The average molecular weight is 502 g/mol. The Morgan fingerprint density at radius 3 is 2.06 bits per heavy atom. The molecule has 192 valence electrons. The highest BCUT2D eigenvalue weighted by Crippen LogP contribution is 2.41. The zero-order chi connectivity index (χ0) is 25.2. The highest BCUT2D eigenvalue weighted by molar-refractivity contribution is 5.66. The van der Waals surface area contributed by atoms with Gasteiger partial charge in [-0.05, 0) is 73.4 Å². The average Bonchev–Trinajstić information content (AvgIpc) is 2.80. The van der Waals surface area contributed by atoms with Crippen LogP contribution in [-0.2, 0) is 9.47 Å². The monoisotopic (exact) mass is 502 g/mol. The number of ether oxygens (including phenoxy) is 3. The van der Waals surface area contributed by atoms with Gasteiger partial charge in [0.15, 0.2) is 17.9 Å². The van der Waals surface area contributed by atoms with Gasteiger partial charge < -0.3 is 14.2 Å². The maximum Gasteiger partial charge on any atom is 0.573 e. The molecule has 3 nitrogen and oxygen atoms in total. The zero-order valence-corrected chi connectivity index (χ0v) is 19.3. The van der Waals surface area contributed by atoms with E-state index in [1.54, 1.807) is 0 Å². The molecule has 4 rings (SSSR count). The minimum atomic E-state index is -5.08. The fourth-order valence-corrected chi connectivity index (χ4v) is 5.10. The standard InChI is InChI=1S/C26H28F6O3/c1-2-3-15-13-33-25(34-14-15)17-6-4-16(5-7-17)19-11-21(28)24(22(29)12-19)18-8-9-23(20(27)10-18)35-26(30,31)32/h8-12,15-17,25H,2-7,13-14H2,1H3. The lowest BCUT2D eigenvalue weighted by Crippen LogP contribution is -2.38. The summed E-state index contributed by atoms with van der Waals surface area (Å²) in [6, 6.07) is 4.77. The van der Waals surface area contributed by atoms with Crippen molar-refractivity contribution in [3.05, 3.63) is 53.3 Å². The molecule has 2 aromatic rings. The van der Waals surface area contributed by atoms with Gasteiger partial charge in [-0.1, -0.05) is 19.4 Å². The Morgan fingerprint density at radius 1 is 0.886 bits per heavy atom. The topological polar surface area (TPSA) is 27.7 Å². The van der Waals surface area contributed by atoms with Crippen molar-refractivity contribution in [3.8, 4) is 16.9 Å². The molecule has 2 fully saturated rings. The first-order valence-corrected chi connectivity index (χ1v) is 11.9. The van der Waals surface area contributed by atoms with E-state index in [0.29, 0.717) is 36.8 Å². The van der Waals surface area contributed by atoms with Crippen molar-refractivity contribution in [2.24, 2.45) is 11.8 Å². The normalized spacial score (nSPS) is 25.5. The Morgan fingerprint density at radius 2 is 1.51 bits per heavy atom. The summed E-state index contributed by atoms with van der Waals surface area (Å²) in [5.74, 6) is -3.60. The summed E-state index contributed by atoms with van der Waals surface area (Å²) in [5, 5.41) is 0. The minimum absolute atomic E-state index is 0.0416. The zero-order valence-electron chi connectivity index (χ0n) is 19.3. The van der Waals surface area contributed by atoms with Crippen LogP contribution in [-0.4, -0.2) is 25.9 Å². The lowest BCUT2D eigenvalue weighted by Gasteiger charge is -2.37. The third-order valence-electron chi connectivity index (χ3n) is 6.83. The number of benzene rings is 2. The van der Waals surface area contributed by atoms with Crippen LogP contribution < -0.4 is 4.74 Å². The van der Waals surface area contributed by atoms with Crippen molar-refractivity contribution in [1.82, 2.24) is 0 Å². The van der Waals surface area contributed by atoms with E-state index >= 15 is 0 Å². The van der Waals surface area contributed by atoms with Crippen molar-refractivity contribution in [1.29, 1.82) is 0 Å². The van der Waals surface area contributed by atoms with Gasteiger partial charge in [-0.25, -0.2) is 13.2 Å². The molecule has 0 aromatic heterocycles. The molecule has 0 amide bonds. The maximum atomic E-state index is 14.9. The predicted octanol–water partition coefficient (Wildman–Crippen LogP) is 7.73. The summed E-state index contributed by atoms with van der Waals surface area (Å²) in [6.45, 7) is 3.52. The Bertz CT molecular complexity index is 986. The molecule has 1 aliphatic carbocycles. The van der Waals surface area contributed by atoms with Crippen LogP contribution >= 0.6 is 0 Å². The SMILES string of the molecule is CCCC1COC(C2CCC(c3cc(F)c(-c4ccc(OC(F)(F)F)c(F)c4)c(F)c3)CC2)OC1. The molecule has 9 heteroatoms. The number of alkyl halides is 3. The molecule has 0 spiro atoms. The van der Waals surface area contributed by atoms with Crippen LogP contribution in [0.15, 0.2) is 30.3 Å². The molecule has 1 saturated heterocycles. The third kappa shape index (κ3) is 6.30. The summed E-state index contributed by atoms with van der Waals surface area (Å²) in [4.78, 5) is 0. The van der Waals surface area contributed by atoms with E-state index in [4.69, 9.17) is 9.47 Å². The summed E-state index contributed by atoms with van der Waals surface area (Å²) in [5.41, 5.74) is -0.200. The van der Waals surface area contributed by atoms with E-state index in [1.165, 1.54) is 12.1 Å². The van der Waals surface area contributed by atoms with Crippen LogP contribution in [0.1, 0.15) is 56.9 Å². The fourth-order valence-electron chi connectivity index (χ4n) is 5.10. The molecule has 0 radical (unpaired) electrons. The van der Waals surface area contributed by atoms with Gasteiger partial charge in [-0.3, -0.25) is 0 Å². The third-order valence-corrected chi connectivity index (χ3v) is 6.83. The Kier molecular flexibility index (Phi) is 7.96. The van der Waals surface area contributed by atoms with Gasteiger partial charge in [0.2, 0.25) is 0 Å². The Labute approximate surface area is 200 Å². The fraction of sp³-hybridized carbons (Fsp3) is 0.538. The second kappa shape index (κ2) is 10.8. The van der Waals surface area contributed by atoms with Gasteiger partial charge in [0, 0.05) is 11.8 Å².